The number of carbonyl (C=O) groups excluding carboxylic acids is 5. The minimum atomic E-state index is -0.681. The number of carbonyl (C=O) groups is 5. The molecule has 5 aliphatic rings. The molecule has 3 N–H and O–H groups in total. The molecule has 3 aromatic heterocycles. The quantitative estimate of drug-likeness (QED) is 0.156. The molecule has 5 amide bonds. The molecule has 1 atom stereocenters. The van der Waals surface area contributed by atoms with Crippen LogP contribution in [0, 0.1) is 6.92 Å². The minimum absolute atomic E-state index is 0.00582. The van der Waals surface area contributed by atoms with Crippen molar-refractivity contribution in [1.29, 1.82) is 0 Å². The number of imide groups is 1. The number of amides is 5. The number of anilines is 4. The van der Waals surface area contributed by atoms with Crippen molar-refractivity contribution < 1.29 is 24.0 Å². The Morgan fingerprint density at radius 1 is 0.855 bits per heavy atom. The molecule has 1 saturated carbocycles. The van der Waals surface area contributed by atoms with Gasteiger partial charge in [-0.15, -0.1) is 0 Å². The van der Waals surface area contributed by atoms with E-state index in [2.05, 4.69) is 40.6 Å². The van der Waals surface area contributed by atoms with E-state index in [1.54, 1.807) is 35.9 Å². The van der Waals surface area contributed by atoms with Crippen LogP contribution in [-0.2, 0) is 16.1 Å². The number of rotatable bonds is 10. The van der Waals surface area contributed by atoms with Crippen molar-refractivity contribution in [3.05, 3.63) is 75.3 Å². The minimum Gasteiger partial charge on any atom is -0.368 e. The molecule has 3 saturated heterocycles. The van der Waals surface area contributed by atoms with Crippen LogP contribution in [0.25, 0.3) is 11.0 Å². The first kappa shape index (κ1) is 41.1. The third kappa shape index (κ3) is 8.23. The number of urea groups is 1. The zero-order valence-electron chi connectivity index (χ0n) is 35.2. The van der Waals surface area contributed by atoms with Crippen molar-refractivity contribution in [2.24, 2.45) is 0 Å². The van der Waals surface area contributed by atoms with E-state index in [1.807, 2.05) is 23.2 Å². The van der Waals surface area contributed by atoms with E-state index in [9.17, 15) is 28.8 Å². The summed E-state index contributed by atoms with van der Waals surface area (Å²) >= 11 is 0. The summed E-state index contributed by atoms with van der Waals surface area (Å²) < 4.78 is 1.71. The van der Waals surface area contributed by atoms with Crippen LogP contribution in [0.2, 0.25) is 0 Å². The molecule has 18 nitrogen and oxygen atoms in total. The summed E-state index contributed by atoms with van der Waals surface area (Å²) in [5.74, 6) is -0.322. The van der Waals surface area contributed by atoms with Gasteiger partial charge in [0.25, 0.3) is 11.5 Å². The van der Waals surface area contributed by atoms with Crippen LogP contribution >= 0.6 is 0 Å². The predicted octanol–water partition coefficient (Wildman–Crippen LogP) is 3.29. The van der Waals surface area contributed by atoms with Gasteiger partial charge in [-0.05, 0) is 74.6 Å². The zero-order chi connectivity index (χ0) is 43.1. The molecule has 62 heavy (non-hydrogen) atoms. The first-order valence-electron chi connectivity index (χ1n) is 21.7. The molecule has 4 fully saturated rings. The maximum absolute atomic E-state index is 13.6. The Balaban J connectivity index is 0.721. The Bertz CT molecular complexity index is 2490. The fourth-order valence-electron chi connectivity index (χ4n) is 9.61. The fourth-order valence-corrected chi connectivity index (χ4v) is 9.61. The first-order chi connectivity index (χ1) is 30.0. The van der Waals surface area contributed by atoms with Gasteiger partial charge in [-0.2, -0.15) is 4.98 Å². The Morgan fingerprint density at radius 3 is 2.26 bits per heavy atom. The number of pyridine rings is 2. The lowest BCUT2D eigenvalue weighted by atomic mass is 10.0. The molecule has 0 radical (unpaired) electrons. The van der Waals surface area contributed by atoms with Gasteiger partial charge in [-0.25, -0.2) is 14.8 Å². The van der Waals surface area contributed by atoms with Crippen molar-refractivity contribution in [3.8, 4) is 0 Å². The second-order valence-corrected chi connectivity index (χ2v) is 17.0. The summed E-state index contributed by atoms with van der Waals surface area (Å²) in [6.45, 7) is 11.7. The maximum Gasteiger partial charge on any atom is 0.321 e. The van der Waals surface area contributed by atoms with E-state index < -0.39 is 11.9 Å². The number of hydrogen-bond acceptors (Lipinski definition) is 13. The summed E-state index contributed by atoms with van der Waals surface area (Å²) in [6.07, 6.45) is 7.88. The van der Waals surface area contributed by atoms with E-state index >= 15 is 0 Å². The summed E-state index contributed by atoms with van der Waals surface area (Å²) in [7, 11) is 0. The van der Waals surface area contributed by atoms with Crippen LogP contribution < -0.4 is 26.4 Å². The van der Waals surface area contributed by atoms with Crippen molar-refractivity contribution in [2.45, 2.75) is 71.0 Å². The van der Waals surface area contributed by atoms with E-state index in [0.717, 1.165) is 89.3 Å². The average molecular weight is 845 g/mol. The number of benzene rings is 1. The number of ketones is 1. The molecule has 0 bridgehead atoms. The van der Waals surface area contributed by atoms with Crippen LogP contribution in [0.1, 0.15) is 83.3 Å². The second-order valence-electron chi connectivity index (χ2n) is 17.0. The average Bonchev–Trinajstić information content (AvgIpc) is 3.91. The van der Waals surface area contributed by atoms with Crippen molar-refractivity contribution in [3.63, 3.8) is 0 Å². The van der Waals surface area contributed by atoms with E-state index in [0.29, 0.717) is 59.1 Å². The van der Waals surface area contributed by atoms with Gasteiger partial charge >= 0.3 is 6.03 Å². The number of aryl methyl sites for hydroxylation is 1. The van der Waals surface area contributed by atoms with E-state index in [-0.39, 0.29) is 53.8 Å². The van der Waals surface area contributed by atoms with Gasteiger partial charge in [0.15, 0.2) is 5.78 Å². The molecule has 1 unspecified atom stereocenters. The SMILES string of the molecule is CC(=O)c1c(C)c2cnc(Nc3ccc(N4CCN(CCN5CCN(C(=O)Nc6ccc7c(c6)CN(C6CCC(=O)NC6=O)C7=O)CC5)CC4)cn3)nc2n(C2CCCC2)c1=O. The molecule has 9 rings (SSSR count). The Hall–Kier alpha value is -6.27. The summed E-state index contributed by atoms with van der Waals surface area (Å²) in [5.41, 5.74) is 3.98. The number of piperidine rings is 1. The van der Waals surface area contributed by atoms with Gasteiger partial charge in [-0.1, -0.05) is 12.8 Å². The number of nitrogens with one attached hydrogen (secondary N) is 3. The molecule has 1 aliphatic carbocycles. The monoisotopic (exact) mass is 844 g/mol. The van der Waals surface area contributed by atoms with Crippen LogP contribution in [0.5, 0.6) is 0 Å². The molecular formula is C44H52N12O6. The molecule has 4 aromatic rings. The lowest BCUT2D eigenvalue weighted by Crippen LogP contribution is -2.53. The summed E-state index contributed by atoms with van der Waals surface area (Å²) in [6, 6.07) is 8.31. The zero-order valence-corrected chi connectivity index (χ0v) is 35.2. The highest BCUT2D eigenvalue weighted by atomic mass is 16.2. The first-order valence-corrected chi connectivity index (χ1v) is 21.7. The highest BCUT2D eigenvalue weighted by molar-refractivity contribution is 6.06. The molecule has 4 aliphatic heterocycles. The van der Waals surface area contributed by atoms with Crippen LogP contribution in [0.3, 0.4) is 0 Å². The number of nitrogens with zero attached hydrogens (tertiary/aromatic N) is 9. The number of piperazine rings is 2. The Kier molecular flexibility index (Phi) is 11.4. The molecule has 18 heteroatoms. The van der Waals surface area contributed by atoms with Crippen molar-refractivity contribution in [2.75, 3.05) is 81.0 Å². The van der Waals surface area contributed by atoms with Gasteiger partial charge < -0.3 is 25.3 Å². The Labute approximate surface area is 358 Å². The van der Waals surface area contributed by atoms with Gasteiger partial charge in [0.1, 0.15) is 17.5 Å². The molecule has 7 heterocycles. The third-order valence-electron chi connectivity index (χ3n) is 13.1. The normalized spacial score (nSPS) is 20.2. The van der Waals surface area contributed by atoms with Gasteiger partial charge in [-0.3, -0.25) is 43.7 Å². The fraction of sp³-hybridized carbons (Fsp3) is 0.477. The standard InChI is InChI=1S/C44H52N12O6/c1-27-34-25-46-43(50-39(34)56(31-5-3-4-6-31)42(61)38(27)28(2)57)48-36-11-8-32(24-45-36)53-19-15-51(16-20-53)13-14-52-17-21-54(22-18-52)44(62)47-30-7-9-33-29(23-30)26-55(41(33)60)35-10-12-37(58)49-40(35)59/h7-9,11,23-25,31,35H,3-6,10,12-22,26H2,1-2H3,(H,47,62)(H,49,58,59)(H,45,46,48,50). The third-order valence-corrected chi connectivity index (χ3v) is 13.1. The largest absolute Gasteiger partial charge is 0.368 e. The van der Waals surface area contributed by atoms with Gasteiger partial charge in [0, 0.05) is 107 Å². The molecule has 324 valence electrons. The highest BCUT2D eigenvalue weighted by Crippen LogP contribution is 2.33. The van der Waals surface area contributed by atoms with Crippen molar-refractivity contribution >= 4 is 63.7 Å². The highest BCUT2D eigenvalue weighted by Gasteiger charge is 2.39. The second kappa shape index (κ2) is 17.2. The maximum atomic E-state index is 13.6. The van der Waals surface area contributed by atoms with Gasteiger partial charge in [0.2, 0.25) is 17.8 Å². The lowest BCUT2D eigenvalue weighted by molar-refractivity contribution is -0.136. The van der Waals surface area contributed by atoms with Gasteiger partial charge in [0.05, 0.1) is 17.4 Å². The van der Waals surface area contributed by atoms with E-state index in [4.69, 9.17) is 4.98 Å². The van der Waals surface area contributed by atoms with Crippen LogP contribution in [-0.4, -0.2) is 140 Å². The lowest BCUT2D eigenvalue weighted by Gasteiger charge is -2.38. The number of hydrogen-bond donors (Lipinski definition) is 3. The van der Waals surface area contributed by atoms with Crippen LogP contribution in [0.15, 0.2) is 47.5 Å². The number of fused-ring (bicyclic) bond motifs is 2. The predicted molar refractivity (Wildman–Crippen MR) is 232 cm³/mol. The summed E-state index contributed by atoms with van der Waals surface area (Å²) in [4.78, 5) is 101. The van der Waals surface area contributed by atoms with Crippen LogP contribution in [0.4, 0.5) is 27.9 Å². The number of aromatic nitrogens is 4. The number of Topliss-reactive ketones (excluding diaryl/α,β-unsaturated/α-hetero) is 1. The van der Waals surface area contributed by atoms with Crippen molar-refractivity contribution in [1.82, 2.24) is 44.4 Å². The molecule has 0 spiro atoms. The Morgan fingerprint density at radius 2 is 1.58 bits per heavy atom. The molecular weight excluding hydrogens is 793 g/mol. The summed E-state index contributed by atoms with van der Waals surface area (Å²) in [5, 5.41) is 9.23. The van der Waals surface area contributed by atoms with E-state index in [1.165, 1.54) is 11.8 Å². The smallest absolute Gasteiger partial charge is 0.321 e. The topological polar surface area (TPSA) is 198 Å². The molecule has 1 aromatic carbocycles.